The van der Waals surface area contributed by atoms with Crippen LogP contribution in [-0.2, 0) is 0 Å². The van der Waals surface area contributed by atoms with Crippen molar-refractivity contribution >= 4 is 29.0 Å². The molecule has 1 N–H and O–H groups in total. The molecule has 2 aromatic carbocycles. The Kier molecular flexibility index (Phi) is 5.89. The normalized spacial score (nSPS) is 14.0. The van der Waals surface area contributed by atoms with Crippen LogP contribution in [0.1, 0.15) is 40.7 Å². The number of nitrogens with one attached hydrogen (secondary N) is 1. The molecule has 0 radical (unpaired) electrons. The average Bonchev–Trinajstić information content (AvgIpc) is 2.65. The van der Waals surface area contributed by atoms with Gasteiger partial charge in [-0.3, -0.25) is 4.79 Å². The maximum atomic E-state index is 12.5. The summed E-state index contributed by atoms with van der Waals surface area (Å²) in [6, 6.07) is 13.0. The van der Waals surface area contributed by atoms with E-state index in [4.69, 9.17) is 17.0 Å². The molecule has 0 spiro atoms. The zero-order chi connectivity index (χ0) is 18.5. The first-order valence-electron chi connectivity index (χ1n) is 8.98. The van der Waals surface area contributed by atoms with E-state index in [2.05, 4.69) is 10.2 Å². The molecule has 0 aliphatic carbocycles. The molecule has 26 heavy (non-hydrogen) atoms. The number of anilines is 1. The summed E-state index contributed by atoms with van der Waals surface area (Å²) >= 11 is 5.40. The van der Waals surface area contributed by atoms with Crippen molar-refractivity contribution in [2.45, 2.75) is 33.1 Å². The van der Waals surface area contributed by atoms with Gasteiger partial charge in [-0.05, 0) is 86.8 Å². The SMILES string of the molecule is Cc1ccc(NC(=O)c2cccc(OC(=S)N3CCCCC3)c2)cc1C. The van der Waals surface area contributed by atoms with Gasteiger partial charge < -0.3 is 15.0 Å². The molecule has 0 bridgehead atoms. The average molecular weight is 369 g/mol. The number of hydrogen-bond donors (Lipinski definition) is 1. The van der Waals surface area contributed by atoms with Crippen LogP contribution in [-0.4, -0.2) is 29.1 Å². The van der Waals surface area contributed by atoms with E-state index in [9.17, 15) is 4.79 Å². The Balaban J connectivity index is 1.66. The summed E-state index contributed by atoms with van der Waals surface area (Å²) in [4.78, 5) is 14.6. The van der Waals surface area contributed by atoms with Crippen molar-refractivity contribution in [1.82, 2.24) is 4.90 Å². The van der Waals surface area contributed by atoms with Crippen LogP contribution in [0, 0.1) is 13.8 Å². The molecular formula is C21H24N2O2S. The molecule has 136 valence electrons. The second-order valence-corrected chi connectivity index (χ2v) is 7.05. The summed E-state index contributed by atoms with van der Waals surface area (Å²) in [5.41, 5.74) is 3.67. The third-order valence-corrected chi connectivity index (χ3v) is 5.02. The summed E-state index contributed by atoms with van der Waals surface area (Å²) in [7, 11) is 0. The number of likely N-dealkylation sites (tertiary alicyclic amines) is 1. The molecule has 0 unspecified atom stereocenters. The maximum absolute atomic E-state index is 12.5. The fourth-order valence-electron chi connectivity index (χ4n) is 2.97. The molecule has 2 aromatic rings. The van der Waals surface area contributed by atoms with E-state index in [0.717, 1.165) is 37.2 Å². The number of hydrogen-bond acceptors (Lipinski definition) is 3. The number of aryl methyl sites for hydroxylation is 2. The van der Waals surface area contributed by atoms with Gasteiger partial charge in [0.2, 0.25) is 0 Å². The zero-order valence-corrected chi connectivity index (χ0v) is 16.1. The second kappa shape index (κ2) is 8.32. The fraction of sp³-hybridized carbons (Fsp3) is 0.333. The van der Waals surface area contributed by atoms with Gasteiger partial charge >= 0.3 is 0 Å². The predicted molar refractivity (Wildman–Crippen MR) is 109 cm³/mol. The fourth-order valence-corrected chi connectivity index (χ4v) is 3.24. The van der Waals surface area contributed by atoms with Crippen molar-refractivity contribution in [2.75, 3.05) is 18.4 Å². The van der Waals surface area contributed by atoms with Crippen molar-refractivity contribution < 1.29 is 9.53 Å². The van der Waals surface area contributed by atoms with Crippen LogP contribution in [0.2, 0.25) is 0 Å². The molecule has 3 rings (SSSR count). The highest BCUT2D eigenvalue weighted by Crippen LogP contribution is 2.19. The molecular weight excluding hydrogens is 344 g/mol. The lowest BCUT2D eigenvalue weighted by molar-refractivity contribution is 0.102. The second-order valence-electron chi connectivity index (χ2n) is 6.70. The van der Waals surface area contributed by atoms with Crippen LogP contribution >= 0.6 is 12.2 Å². The van der Waals surface area contributed by atoms with E-state index in [-0.39, 0.29) is 5.91 Å². The van der Waals surface area contributed by atoms with Crippen LogP contribution in [0.15, 0.2) is 42.5 Å². The Labute approximate surface area is 160 Å². The number of carbonyl (C=O) groups is 1. The largest absolute Gasteiger partial charge is 0.432 e. The number of rotatable bonds is 3. The molecule has 1 saturated heterocycles. The number of ether oxygens (including phenoxy) is 1. The van der Waals surface area contributed by atoms with Crippen LogP contribution in [0.4, 0.5) is 5.69 Å². The lowest BCUT2D eigenvalue weighted by Crippen LogP contribution is -2.37. The third kappa shape index (κ3) is 4.61. The summed E-state index contributed by atoms with van der Waals surface area (Å²) in [6.07, 6.45) is 3.52. The Bertz CT molecular complexity index is 813. The minimum absolute atomic E-state index is 0.164. The van der Waals surface area contributed by atoms with Crippen molar-refractivity contribution in [2.24, 2.45) is 0 Å². The van der Waals surface area contributed by atoms with Crippen LogP contribution < -0.4 is 10.1 Å². The first-order chi connectivity index (χ1) is 12.5. The van der Waals surface area contributed by atoms with E-state index in [1.54, 1.807) is 12.1 Å². The first kappa shape index (κ1) is 18.4. The molecule has 1 fully saturated rings. The van der Waals surface area contributed by atoms with E-state index in [1.807, 2.05) is 44.2 Å². The van der Waals surface area contributed by atoms with Gasteiger partial charge in [0.15, 0.2) is 0 Å². The number of amides is 1. The Hall–Kier alpha value is -2.40. The van der Waals surface area contributed by atoms with Crippen molar-refractivity contribution in [1.29, 1.82) is 0 Å². The van der Waals surface area contributed by atoms with Gasteiger partial charge in [0.25, 0.3) is 11.1 Å². The predicted octanol–water partition coefficient (Wildman–Crippen LogP) is 4.71. The zero-order valence-electron chi connectivity index (χ0n) is 15.2. The molecule has 1 amide bonds. The maximum Gasteiger partial charge on any atom is 0.264 e. The van der Waals surface area contributed by atoms with Gasteiger partial charge in [0.05, 0.1) is 0 Å². The van der Waals surface area contributed by atoms with E-state index < -0.39 is 0 Å². The molecule has 4 nitrogen and oxygen atoms in total. The van der Waals surface area contributed by atoms with Crippen molar-refractivity contribution in [3.8, 4) is 5.75 Å². The molecule has 1 aliphatic heterocycles. The third-order valence-electron chi connectivity index (χ3n) is 4.68. The molecule has 0 atom stereocenters. The van der Waals surface area contributed by atoms with E-state index in [0.29, 0.717) is 16.5 Å². The van der Waals surface area contributed by atoms with Crippen LogP contribution in [0.3, 0.4) is 0 Å². The number of carbonyl (C=O) groups excluding carboxylic acids is 1. The molecule has 0 aromatic heterocycles. The molecule has 1 aliphatic rings. The van der Waals surface area contributed by atoms with Crippen molar-refractivity contribution in [3.63, 3.8) is 0 Å². The summed E-state index contributed by atoms with van der Waals surface area (Å²) in [5.74, 6) is 0.427. The van der Waals surface area contributed by atoms with Gasteiger partial charge in [-0.2, -0.15) is 0 Å². The van der Waals surface area contributed by atoms with Gasteiger partial charge in [-0.25, -0.2) is 0 Å². The topological polar surface area (TPSA) is 41.6 Å². The summed E-state index contributed by atoms with van der Waals surface area (Å²) < 4.78 is 5.81. The van der Waals surface area contributed by atoms with E-state index >= 15 is 0 Å². The van der Waals surface area contributed by atoms with Gasteiger partial charge in [0, 0.05) is 24.3 Å². The summed E-state index contributed by atoms with van der Waals surface area (Å²) in [6.45, 7) is 5.95. The van der Waals surface area contributed by atoms with Crippen LogP contribution in [0.5, 0.6) is 5.75 Å². The number of benzene rings is 2. The van der Waals surface area contributed by atoms with E-state index in [1.165, 1.54) is 12.0 Å². The lowest BCUT2D eigenvalue weighted by atomic mass is 10.1. The minimum Gasteiger partial charge on any atom is -0.432 e. The summed E-state index contributed by atoms with van der Waals surface area (Å²) in [5, 5.41) is 3.42. The highest BCUT2D eigenvalue weighted by molar-refractivity contribution is 7.80. The Morgan fingerprint density at radius 2 is 1.81 bits per heavy atom. The molecule has 1 heterocycles. The van der Waals surface area contributed by atoms with Gasteiger partial charge in [0.1, 0.15) is 5.75 Å². The van der Waals surface area contributed by atoms with Crippen LogP contribution in [0.25, 0.3) is 0 Å². The first-order valence-corrected chi connectivity index (χ1v) is 9.39. The Morgan fingerprint density at radius 3 is 2.54 bits per heavy atom. The molecule has 5 heteroatoms. The number of nitrogens with zero attached hydrogens (tertiary/aromatic N) is 1. The van der Waals surface area contributed by atoms with Gasteiger partial charge in [-0.15, -0.1) is 0 Å². The standard InChI is InChI=1S/C21H24N2O2S/c1-15-9-10-18(13-16(15)2)22-20(24)17-7-6-8-19(14-17)25-21(26)23-11-4-3-5-12-23/h6-10,13-14H,3-5,11-12H2,1-2H3,(H,22,24). The Morgan fingerprint density at radius 1 is 1.04 bits per heavy atom. The highest BCUT2D eigenvalue weighted by atomic mass is 32.1. The quantitative estimate of drug-likeness (QED) is 0.797. The van der Waals surface area contributed by atoms with Gasteiger partial charge in [-0.1, -0.05) is 12.1 Å². The van der Waals surface area contributed by atoms with Crippen molar-refractivity contribution in [3.05, 3.63) is 59.2 Å². The highest BCUT2D eigenvalue weighted by Gasteiger charge is 2.16. The number of thiocarbonyl (C=S) groups is 1. The molecule has 0 saturated carbocycles. The monoisotopic (exact) mass is 368 g/mol. The minimum atomic E-state index is -0.164. The smallest absolute Gasteiger partial charge is 0.264 e. The number of piperidine rings is 1. The lowest BCUT2D eigenvalue weighted by Gasteiger charge is -2.28.